The van der Waals surface area contributed by atoms with Crippen molar-refractivity contribution in [3.8, 4) is 11.3 Å². The molecule has 2 rings (SSSR count). The van der Waals surface area contributed by atoms with Crippen LogP contribution in [0.3, 0.4) is 0 Å². The lowest BCUT2D eigenvalue weighted by atomic mass is 10.2. The van der Waals surface area contributed by atoms with E-state index in [0.29, 0.717) is 0 Å². The minimum Gasteiger partial charge on any atom is -0.480 e. The minimum absolute atomic E-state index is 0.0182. The number of hydrogen-bond acceptors (Lipinski definition) is 4. The zero-order valence-electron chi connectivity index (χ0n) is 12.9. The zero-order chi connectivity index (χ0) is 17.7. The molecule has 128 valence electrons. The van der Waals surface area contributed by atoms with Crippen molar-refractivity contribution in [1.29, 1.82) is 0 Å². The van der Waals surface area contributed by atoms with E-state index in [2.05, 4.69) is 10.3 Å². The van der Waals surface area contributed by atoms with Gasteiger partial charge >= 0.3 is 5.97 Å². The molecule has 0 radical (unpaired) electrons. The van der Waals surface area contributed by atoms with E-state index in [-0.39, 0.29) is 36.5 Å². The lowest BCUT2D eigenvalue weighted by molar-refractivity contribution is -0.141. The number of carbonyl (C=O) groups excluding carboxylic acids is 1. The summed E-state index contributed by atoms with van der Waals surface area (Å²) in [6.45, 7) is 1.65. The fourth-order valence-corrected chi connectivity index (χ4v) is 2.07. The first-order chi connectivity index (χ1) is 11.4. The average molecular weight is 338 g/mol. The second kappa shape index (κ2) is 7.67. The highest BCUT2D eigenvalue weighted by molar-refractivity contribution is 5.83. The van der Waals surface area contributed by atoms with Gasteiger partial charge in [-0.1, -0.05) is 6.92 Å². The van der Waals surface area contributed by atoms with Crippen LogP contribution < -0.4 is 5.32 Å². The highest BCUT2D eigenvalue weighted by atomic mass is 19.1. The third kappa shape index (κ3) is 4.37. The molecule has 1 heterocycles. The highest BCUT2D eigenvalue weighted by Gasteiger charge is 2.18. The molecule has 0 aliphatic rings. The number of halogens is 2. The minimum atomic E-state index is -1.10. The zero-order valence-corrected chi connectivity index (χ0v) is 12.9. The highest BCUT2D eigenvalue weighted by Crippen LogP contribution is 2.24. The van der Waals surface area contributed by atoms with Crippen LogP contribution >= 0.6 is 0 Å². The summed E-state index contributed by atoms with van der Waals surface area (Å²) >= 11 is 0. The Bertz CT molecular complexity index is 745. The summed E-state index contributed by atoms with van der Waals surface area (Å²) in [7, 11) is 0. The van der Waals surface area contributed by atoms with Crippen molar-refractivity contribution in [2.45, 2.75) is 32.2 Å². The Morgan fingerprint density at radius 1 is 1.38 bits per heavy atom. The lowest BCUT2D eigenvalue weighted by Crippen LogP contribution is -2.40. The van der Waals surface area contributed by atoms with Crippen molar-refractivity contribution >= 4 is 11.9 Å². The number of aromatic nitrogens is 1. The molecule has 24 heavy (non-hydrogen) atoms. The van der Waals surface area contributed by atoms with E-state index < -0.39 is 29.6 Å². The first-order valence-electron chi connectivity index (χ1n) is 7.33. The number of amides is 1. The predicted octanol–water partition coefficient (Wildman–Crippen LogP) is 2.53. The van der Waals surface area contributed by atoms with Crippen molar-refractivity contribution in [1.82, 2.24) is 10.3 Å². The number of carbonyl (C=O) groups is 2. The van der Waals surface area contributed by atoms with Crippen LogP contribution in [0.5, 0.6) is 0 Å². The van der Waals surface area contributed by atoms with Crippen molar-refractivity contribution in [3.05, 3.63) is 41.9 Å². The van der Waals surface area contributed by atoms with E-state index >= 15 is 0 Å². The largest absolute Gasteiger partial charge is 0.480 e. The van der Waals surface area contributed by atoms with Gasteiger partial charge in [-0.3, -0.25) is 4.79 Å². The molecule has 1 amide bonds. The molecule has 1 aromatic carbocycles. The summed E-state index contributed by atoms with van der Waals surface area (Å²) in [6.07, 6.45) is 1.67. The Hall–Kier alpha value is -2.77. The van der Waals surface area contributed by atoms with Crippen LogP contribution in [0.1, 0.15) is 25.7 Å². The van der Waals surface area contributed by atoms with Gasteiger partial charge in [-0.05, 0) is 18.6 Å². The summed E-state index contributed by atoms with van der Waals surface area (Å²) < 4.78 is 31.9. The molecule has 1 unspecified atom stereocenters. The Morgan fingerprint density at radius 3 is 2.75 bits per heavy atom. The van der Waals surface area contributed by atoms with Gasteiger partial charge in [-0.25, -0.2) is 18.6 Å². The number of aryl methyl sites for hydroxylation is 1. The maximum absolute atomic E-state index is 13.7. The van der Waals surface area contributed by atoms with Gasteiger partial charge in [0.1, 0.15) is 17.7 Å². The summed E-state index contributed by atoms with van der Waals surface area (Å²) in [4.78, 5) is 26.5. The van der Waals surface area contributed by atoms with Gasteiger partial charge in [0.25, 0.3) is 0 Å². The van der Waals surface area contributed by atoms with Crippen molar-refractivity contribution < 1.29 is 27.9 Å². The molecule has 0 saturated carbocycles. The molecule has 8 heteroatoms. The summed E-state index contributed by atoms with van der Waals surface area (Å²) in [6, 6.07) is 2.14. The molecular weight excluding hydrogens is 322 g/mol. The van der Waals surface area contributed by atoms with E-state index in [1.54, 1.807) is 6.92 Å². The van der Waals surface area contributed by atoms with Crippen LogP contribution in [-0.4, -0.2) is 28.0 Å². The number of nitrogens with one attached hydrogen (secondary N) is 1. The number of nitrogens with zero attached hydrogens (tertiary/aromatic N) is 1. The van der Waals surface area contributed by atoms with E-state index in [0.717, 1.165) is 12.1 Å². The molecule has 0 fully saturated rings. The standard InChI is InChI=1S/C16H16F2N2O4/c1-2-12(16(22)23)20-14(21)5-6-15-19-8-13(24-15)10-4-3-9(17)7-11(10)18/h3-4,7-8,12H,2,5-6H2,1H3,(H,20,21)(H,22,23). The number of hydrogen-bond donors (Lipinski definition) is 2. The van der Waals surface area contributed by atoms with Crippen LogP contribution in [0.25, 0.3) is 11.3 Å². The Labute approximate surface area is 136 Å². The Balaban J connectivity index is 1.97. The van der Waals surface area contributed by atoms with Gasteiger partial charge in [-0.15, -0.1) is 0 Å². The number of aliphatic carboxylic acids is 1. The molecule has 0 spiro atoms. The van der Waals surface area contributed by atoms with Gasteiger partial charge < -0.3 is 14.8 Å². The van der Waals surface area contributed by atoms with Crippen molar-refractivity contribution in [2.75, 3.05) is 0 Å². The molecule has 0 bridgehead atoms. The summed E-state index contributed by atoms with van der Waals surface area (Å²) in [5, 5.41) is 11.3. The van der Waals surface area contributed by atoms with Gasteiger partial charge in [0.2, 0.25) is 5.91 Å². The Morgan fingerprint density at radius 2 is 2.12 bits per heavy atom. The lowest BCUT2D eigenvalue weighted by Gasteiger charge is -2.11. The smallest absolute Gasteiger partial charge is 0.326 e. The molecule has 0 aliphatic heterocycles. The number of oxazole rings is 1. The van der Waals surface area contributed by atoms with Crippen LogP contribution in [0.15, 0.2) is 28.8 Å². The van der Waals surface area contributed by atoms with Crippen molar-refractivity contribution in [2.24, 2.45) is 0 Å². The fraction of sp³-hybridized carbons (Fsp3) is 0.312. The number of carboxylic acid groups (broad SMARTS) is 1. The second-order valence-electron chi connectivity index (χ2n) is 5.11. The van der Waals surface area contributed by atoms with E-state index in [1.165, 1.54) is 12.3 Å². The van der Waals surface area contributed by atoms with E-state index in [4.69, 9.17) is 9.52 Å². The normalized spacial score (nSPS) is 12.0. The van der Waals surface area contributed by atoms with Crippen LogP contribution in [0.4, 0.5) is 8.78 Å². The first kappa shape index (κ1) is 17.6. The van der Waals surface area contributed by atoms with E-state index in [1.807, 2.05) is 0 Å². The van der Waals surface area contributed by atoms with Gasteiger partial charge in [0, 0.05) is 18.9 Å². The fourth-order valence-electron chi connectivity index (χ4n) is 2.07. The third-order valence-electron chi connectivity index (χ3n) is 3.36. The molecule has 1 atom stereocenters. The summed E-state index contributed by atoms with van der Waals surface area (Å²) in [5.74, 6) is -2.70. The summed E-state index contributed by atoms with van der Waals surface area (Å²) in [5.41, 5.74) is 0.0662. The molecule has 6 nitrogen and oxygen atoms in total. The number of benzene rings is 1. The predicted molar refractivity (Wildman–Crippen MR) is 80.0 cm³/mol. The topological polar surface area (TPSA) is 92.4 Å². The quantitative estimate of drug-likeness (QED) is 0.809. The molecular formula is C16H16F2N2O4. The van der Waals surface area contributed by atoms with Gasteiger partial charge in [0.05, 0.1) is 11.8 Å². The maximum Gasteiger partial charge on any atom is 0.326 e. The van der Waals surface area contributed by atoms with Crippen LogP contribution in [0, 0.1) is 11.6 Å². The first-order valence-corrected chi connectivity index (χ1v) is 7.33. The van der Waals surface area contributed by atoms with Crippen LogP contribution in [-0.2, 0) is 16.0 Å². The Kier molecular flexibility index (Phi) is 5.62. The SMILES string of the molecule is CCC(NC(=O)CCc1ncc(-c2ccc(F)cc2F)o1)C(=O)O. The van der Waals surface area contributed by atoms with Gasteiger partial charge in [-0.2, -0.15) is 0 Å². The second-order valence-corrected chi connectivity index (χ2v) is 5.11. The molecule has 1 aromatic heterocycles. The van der Waals surface area contributed by atoms with Gasteiger partial charge in [0.15, 0.2) is 11.7 Å². The maximum atomic E-state index is 13.7. The monoisotopic (exact) mass is 338 g/mol. The average Bonchev–Trinajstić information content (AvgIpc) is 2.99. The molecule has 2 aromatic rings. The molecule has 0 saturated heterocycles. The number of rotatable bonds is 7. The molecule has 2 N–H and O–H groups in total. The third-order valence-corrected chi connectivity index (χ3v) is 3.36. The van der Waals surface area contributed by atoms with Crippen molar-refractivity contribution in [3.63, 3.8) is 0 Å². The molecule has 0 aliphatic carbocycles. The van der Waals surface area contributed by atoms with Crippen LogP contribution in [0.2, 0.25) is 0 Å². The number of carboxylic acids is 1. The van der Waals surface area contributed by atoms with E-state index in [9.17, 15) is 18.4 Å².